The van der Waals surface area contributed by atoms with E-state index in [9.17, 15) is 4.79 Å². The number of ketones is 1. The van der Waals surface area contributed by atoms with E-state index in [0.29, 0.717) is 16.5 Å². The molecule has 2 aromatic carbocycles. The van der Waals surface area contributed by atoms with E-state index in [2.05, 4.69) is 33.2 Å². The summed E-state index contributed by atoms with van der Waals surface area (Å²) in [6, 6.07) is 13.6. The van der Waals surface area contributed by atoms with Crippen molar-refractivity contribution < 1.29 is 9.53 Å². The van der Waals surface area contributed by atoms with Crippen molar-refractivity contribution in [2.75, 3.05) is 12.9 Å². The quantitative estimate of drug-likeness (QED) is 0.357. The molecular weight excluding hydrogens is 372 g/mol. The highest BCUT2D eigenvalue weighted by molar-refractivity contribution is 7.99. The van der Waals surface area contributed by atoms with Crippen LogP contribution in [0.25, 0.3) is 22.3 Å². The Morgan fingerprint density at radius 1 is 1.18 bits per heavy atom. The van der Waals surface area contributed by atoms with Gasteiger partial charge in [-0.15, -0.1) is 5.10 Å². The number of nitrogens with one attached hydrogen (secondary N) is 2. The van der Waals surface area contributed by atoms with Crippen molar-refractivity contribution in [1.29, 1.82) is 0 Å². The molecule has 4 aromatic rings. The number of Topliss-reactive ketones (excluding diaryl/α,β-unsaturated/α-hetero) is 1. The standard InChI is InChI=1S/C21H20N4O2S/c1-3-13-5-4-6-16-17(11-22-19(13)16)18(26)12-28-21-23-20(24-25-21)14-7-9-15(27-2)10-8-14/h4-11,22H,3,12H2,1-2H3,(H,23,24,25). The van der Waals surface area contributed by atoms with Gasteiger partial charge in [-0.3, -0.25) is 9.89 Å². The van der Waals surface area contributed by atoms with Gasteiger partial charge in [-0.25, -0.2) is 4.98 Å². The summed E-state index contributed by atoms with van der Waals surface area (Å²) < 4.78 is 5.17. The molecule has 0 amide bonds. The number of rotatable bonds is 7. The molecule has 0 atom stereocenters. The smallest absolute Gasteiger partial charge is 0.209 e. The van der Waals surface area contributed by atoms with E-state index in [1.165, 1.54) is 17.3 Å². The predicted octanol–water partition coefficient (Wildman–Crippen LogP) is 4.50. The van der Waals surface area contributed by atoms with Gasteiger partial charge in [0.25, 0.3) is 0 Å². The fraction of sp³-hybridized carbons (Fsp3) is 0.190. The molecule has 0 aliphatic carbocycles. The Hall–Kier alpha value is -3.06. The molecule has 2 heterocycles. The fourth-order valence-corrected chi connectivity index (χ4v) is 3.82. The van der Waals surface area contributed by atoms with Gasteiger partial charge in [-0.2, -0.15) is 0 Å². The maximum Gasteiger partial charge on any atom is 0.209 e. The molecule has 0 aliphatic rings. The molecule has 0 spiro atoms. The van der Waals surface area contributed by atoms with Gasteiger partial charge in [0.2, 0.25) is 5.16 Å². The van der Waals surface area contributed by atoms with E-state index in [1.54, 1.807) is 13.3 Å². The number of H-pyrrole nitrogens is 2. The summed E-state index contributed by atoms with van der Waals surface area (Å²) in [6.07, 6.45) is 2.72. The summed E-state index contributed by atoms with van der Waals surface area (Å²) in [5.41, 5.74) is 3.87. The Labute approximate surface area is 166 Å². The van der Waals surface area contributed by atoms with Crippen LogP contribution >= 0.6 is 11.8 Å². The predicted molar refractivity (Wildman–Crippen MR) is 111 cm³/mol. The van der Waals surface area contributed by atoms with Gasteiger partial charge in [0, 0.05) is 28.2 Å². The van der Waals surface area contributed by atoms with E-state index in [4.69, 9.17) is 4.74 Å². The number of carbonyl (C=O) groups is 1. The number of carbonyl (C=O) groups excluding carboxylic acids is 1. The minimum Gasteiger partial charge on any atom is -0.497 e. The molecule has 2 N–H and O–H groups in total. The highest BCUT2D eigenvalue weighted by atomic mass is 32.2. The first-order valence-corrected chi connectivity index (χ1v) is 10.00. The van der Waals surface area contributed by atoms with Crippen LogP contribution < -0.4 is 4.74 Å². The van der Waals surface area contributed by atoms with Crippen molar-refractivity contribution in [3.05, 3.63) is 59.8 Å². The van der Waals surface area contributed by atoms with Gasteiger partial charge in [0.05, 0.1) is 12.9 Å². The first-order valence-electron chi connectivity index (χ1n) is 9.01. The third-order valence-corrected chi connectivity index (χ3v) is 5.49. The second-order valence-electron chi connectivity index (χ2n) is 6.30. The summed E-state index contributed by atoms with van der Waals surface area (Å²) in [7, 11) is 1.63. The van der Waals surface area contributed by atoms with Gasteiger partial charge >= 0.3 is 0 Å². The highest BCUT2D eigenvalue weighted by Gasteiger charge is 2.15. The number of aromatic nitrogens is 4. The van der Waals surface area contributed by atoms with Gasteiger partial charge in [-0.1, -0.05) is 36.9 Å². The van der Waals surface area contributed by atoms with Crippen molar-refractivity contribution in [2.45, 2.75) is 18.5 Å². The molecular formula is C21H20N4O2S. The number of thioether (sulfide) groups is 1. The number of ether oxygens (including phenoxy) is 1. The summed E-state index contributed by atoms with van der Waals surface area (Å²) in [5.74, 6) is 1.79. The van der Waals surface area contributed by atoms with Crippen LogP contribution in [0.15, 0.2) is 53.8 Å². The van der Waals surface area contributed by atoms with E-state index in [0.717, 1.165) is 28.6 Å². The van der Waals surface area contributed by atoms with Gasteiger partial charge in [0.15, 0.2) is 11.6 Å². The second kappa shape index (κ2) is 7.90. The number of fused-ring (bicyclic) bond motifs is 1. The number of nitrogens with zero attached hydrogens (tertiary/aromatic N) is 2. The Kier molecular flexibility index (Phi) is 5.16. The Morgan fingerprint density at radius 2 is 2.00 bits per heavy atom. The van der Waals surface area contributed by atoms with E-state index < -0.39 is 0 Å². The summed E-state index contributed by atoms with van der Waals surface area (Å²) in [5, 5.41) is 8.66. The summed E-state index contributed by atoms with van der Waals surface area (Å²) in [4.78, 5) is 20.4. The maximum absolute atomic E-state index is 12.7. The zero-order valence-electron chi connectivity index (χ0n) is 15.7. The van der Waals surface area contributed by atoms with Crippen LogP contribution in [0.2, 0.25) is 0 Å². The molecule has 0 radical (unpaired) electrons. The van der Waals surface area contributed by atoms with Crippen molar-refractivity contribution in [3.8, 4) is 17.1 Å². The number of aromatic amines is 2. The molecule has 0 bridgehead atoms. The zero-order chi connectivity index (χ0) is 19.5. The first kappa shape index (κ1) is 18.3. The second-order valence-corrected chi connectivity index (χ2v) is 7.25. The number of hydrogen-bond acceptors (Lipinski definition) is 5. The third-order valence-electron chi connectivity index (χ3n) is 4.64. The van der Waals surface area contributed by atoms with Gasteiger partial charge in [0.1, 0.15) is 5.75 Å². The van der Waals surface area contributed by atoms with Crippen molar-refractivity contribution in [3.63, 3.8) is 0 Å². The van der Waals surface area contributed by atoms with Crippen LogP contribution in [0.3, 0.4) is 0 Å². The van der Waals surface area contributed by atoms with E-state index in [1.807, 2.05) is 36.4 Å². The van der Waals surface area contributed by atoms with Crippen LogP contribution in [-0.2, 0) is 6.42 Å². The molecule has 142 valence electrons. The minimum atomic E-state index is 0.0558. The van der Waals surface area contributed by atoms with Crippen molar-refractivity contribution >= 4 is 28.4 Å². The lowest BCUT2D eigenvalue weighted by atomic mass is 10.1. The number of methoxy groups -OCH3 is 1. The lowest BCUT2D eigenvalue weighted by molar-refractivity contribution is 0.102. The van der Waals surface area contributed by atoms with Gasteiger partial charge in [-0.05, 0) is 36.2 Å². The van der Waals surface area contributed by atoms with Gasteiger partial charge < -0.3 is 9.72 Å². The SMILES string of the molecule is CCc1cccc2c(C(=O)CSc3n[nH]c(-c4ccc(OC)cc4)n3)c[nH]c12. The van der Waals surface area contributed by atoms with Crippen LogP contribution in [0.1, 0.15) is 22.8 Å². The number of benzene rings is 2. The van der Waals surface area contributed by atoms with E-state index in [-0.39, 0.29) is 11.5 Å². The normalized spacial score (nSPS) is 11.1. The number of aryl methyl sites for hydroxylation is 1. The number of hydrogen-bond donors (Lipinski definition) is 2. The first-order chi connectivity index (χ1) is 13.7. The topological polar surface area (TPSA) is 83.7 Å². The van der Waals surface area contributed by atoms with Crippen LogP contribution in [0.4, 0.5) is 0 Å². The van der Waals surface area contributed by atoms with Crippen molar-refractivity contribution in [2.24, 2.45) is 0 Å². The Morgan fingerprint density at radius 3 is 2.75 bits per heavy atom. The van der Waals surface area contributed by atoms with Crippen molar-refractivity contribution in [1.82, 2.24) is 20.2 Å². The molecule has 0 unspecified atom stereocenters. The maximum atomic E-state index is 12.7. The minimum absolute atomic E-state index is 0.0558. The highest BCUT2D eigenvalue weighted by Crippen LogP contribution is 2.25. The molecule has 0 saturated carbocycles. The molecule has 0 saturated heterocycles. The Balaban J connectivity index is 1.46. The lowest BCUT2D eigenvalue weighted by Gasteiger charge is -2.01. The molecule has 7 heteroatoms. The fourth-order valence-electron chi connectivity index (χ4n) is 3.14. The molecule has 2 aromatic heterocycles. The Bertz CT molecular complexity index is 1120. The molecule has 28 heavy (non-hydrogen) atoms. The lowest BCUT2D eigenvalue weighted by Crippen LogP contribution is -2.01. The van der Waals surface area contributed by atoms with Crippen LogP contribution in [-0.4, -0.2) is 38.8 Å². The zero-order valence-corrected chi connectivity index (χ0v) is 16.5. The average molecular weight is 392 g/mol. The molecule has 0 fully saturated rings. The molecule has 0 aliphatic heterocycles. The summed E-state index contributed by atoms with van der Waals surface area (Å²) in [6.45, 7) is 2.11. The summed E-state index contributed by atoms with van der Waals surface area (Å²) >= 11 is 1.33. The monoisotopic (exact) mass is 392 g/mol. The van der Waals surface area contributed by atoms with Crippen LogP contribution in [0.5, 0.6) is 5.75 Å². The largest absolute Gasteiger partial charge is 0.497 e. The molecule has 6 nitrogen and oxygen atoms in total. The average Bonchev–Trinajstić information content (AvgIpc) is 3.39. The number of para-hydroxylation sites is 1. The van der Waals surface area contributed by atoms with E-state index >= 15 is 0 Å². The third kappa shape index (κ3) is 3.53. The van der Waals surface area contributed by atoms with Crippen LogP contribution in [0, 0.1) is 0 Å². The molecule has 4 rings (SSSR count).